The van der Waals surface area contributed by atoms with Crippen LogP contribution in [0.5, 0.6) is 5.75 Å². The van der Waals surface area contributed by atoms with Gasteiger partial charge in [0.2, 0.25) is 0 Å². The number of ether oxygens (including phenoxy) is 1. The maximum Gasteiger partial charge on any atom is 0.191 e. The van der Waals surface area contributed by atoms with Gasteiger partial charge in [-0.2, -0.15) is 0 Å². The molecule has 1 heterocycles. The van der Waals surface area contributed by atoms with Crippen LogP contribution in [0.3, 0.4) is 0 Å². The largest absolute Gasteiger partial charge is 0.492 e. The lowest BCUT2D eigenvalue weighted by atomic mass is 10.2. The quantitative estimate of drug-likeness (QED) is 0.397. The van der Waals surface area contributed by atoms with Crippen molar-refractivity contribution in [1.82, 2.24) is 20.4 Å². The molecular weight excluding hydrogens is 326 g/mol. The fourth-order valence-corrected chi connectivity index (χ4v) is 2.95. The lowest BCUT2D eigenvalue weighted by molar-refractivity contribution is 0.140. The summed E-state index contributed by atoms with van der Waals surface area (Å²) in [6, 6.07) is 8.14. The lowest BCUT2D eigenvalue weighted by Gasteiger charge is -2.33. The third-order valence-electron chi connectivity index (χ3n) is 4.63. The Bertz CT molecular complexity index is 524. The monoisotopic (exact) mass is 361 g/mol. The summed E-state index contributed by atoms with van der Waals surface area (Å²) in [5, 5.41) is 6.64. The van der Waals surface area contributed by atoms with Crippen molar-refractivity contribution in [2.75, 3.05) is 65.5 Å². The number of rotatable bonds is 9. The topological polar surface area (TPSA) is 52.1 Å². The highest BCUT2D eigenvalue weighted by atomic mass is 16.5. The van der Waals surface area contributed by atoms with Gasteiger partial charge in [0.25, 0.3) is 0 Å². The molecule has 1 aromatic carbocycles. The van der Waals surface area contributed by atoms with Crippen LogP contribution in [0.2, 0.25) is 0 Å². The highest BCUT2D eigenvalue weighted by Crippen LogP contribution is 2.10. The van der Waals surface area contributed by atoms with Crippen molar-refractivity contribution >= 4 is 5.96 Å². The Kier molecular flexibility index (Phi) is 9.28. The van der Waals surface area contributed by atoms with Crippen molar-refractivity contribution in [2.24, 2.45) is 4.99 Å². The zero-order chi connectivity index (χ0) is 18.6. The summed E-state index contributed by atoms with van der Waals surface area (Å²) in [5.74, 6) is 1.78. The number of aliphatic imine (C=N–C) groups is 1. The standard InChI is InChI=1S/C20H35N5O/c1-4-21-20(22-10-12-25-15-13-24(5-2)14-16-25)23-11-17-26-19-8-6-18(3)7-9-19/h6-9H,4-5,10-17H2,1-3H3,(H2,21,22,23). The van der Waals surface area contributed by atoms with Crippen LogP contribution in [-0.4, -0.2) is 81.3 Å². The molecule has 1 fully saturated rings. The van der Waals surface area contributed by atoms with E-state index in [1.165, 1.54) is 18.7 Å². The molecular formula is C20H35N5O. The van der Waals surface area contributed by atoms with E-state index in [9.17, 15) is 0 Å². The number of aryl methyl sites for hydroxylation is 1. The maximum absolute atomic E-state index is 5.75. The summed E-state index contributed by atoms with van der Waals surface area (Å²) in [6.07, 6.45) is 0. The second kappa shape index (κ2) is 11.8. The number of nitrogens with zero attached hydrogens (tertiary/aromatic N) is 3. The number of hydrogen-bond donors (Lipinski definition) is 2. The Balaban J connectivity index is 1.65. The molecule has 0 aliphatic carbocycles. The molecule has 0 spiro atoms. The van der Waals surface area contributed by atoms with Gasteiger partial charge in [-0.25, -0.2) is 0 Å². The van der Waals surface area contributed by atoms with Gasteiger partial charge in [0.15, 0.2) is 5.96 Å². The van der Waals surface area contributed by atoms with E-state index in [1.807, 2.05) is 12.1 Å². The molecule has 0 unspecified atom stereocenters. The molecule has 1 aromatic rings. The zero-order valence-electron chi connectivity index (χ0n) is 16.6. The SMILES string of the molecule is CCNC(=NCCN1CCN(CC)CC1)NCCOc1ccc(C)cc1. The third kappa shape index (κ3) is 7.62. The van der Waals surface area contributed by atoms with Gasteiger partial charge in [0, 0.05) is 39.3 Å². The summed E-state index contributed by atoms with van der Waals surface area (Å²) < 4.78 is 5.75. The third-order valence-corrected chi connectivity index (χ3v) is 4.63. The lowest BCUT2D eigenvalue weighted by Crippen LogP contribution is -2.47. The van der Waals surface area contributed by atoms with Crippen molar-refractivity contribution in [2.45, 2.75) is 20.8 Å². The molecule has 1 saturated heterocycles. The summed E-state index contributed by atoms with van der Waals surface area (Å²) >= 11 is 0. The fourth-order valence-electron chi connectivity index (χ4n) is 2.95. The molecule has 2 N–H and O–H groups in total. The van der Waals surface area contributed by atoms with Crippen LogP contribution in [0.4, 0.5) is 0 Å². The molecule has 0 radical (unpaired) electrons. The fraction of sp³-hybridized carbons (Fsp3) is 0.650. The van der Waals surface area contributed by atoms with Crippen LogP contribution < -0.4 is 15.4 Å². The Morgan fingerprint density at radius 2 is 1.73 bits per heavy atom. The molecule has 26 heavy (non-hydrogen) atoms. The highest BCUT2D eigenvalue weighted by Gasteiger charge is 2.14. The van der Waals surface area contributed by atoms with Gasteiger partial charge in [-0.1, -0.05) is 24.6 Å². The molecule has 146 valence electrons. The number of likely N-dealkylation sites (N-methyl/N-ethyl adjacent to an activating group) is 1. The first kappa shape index (κ1) is 20.5. The van der Waals surface area contributed by atoms with E-state index in [1.54, 1.807) is 0 Å². The Morgan fingerprint density at radius 1 is 1.04 bits per heavy atom. The molecule has 6 nitrogen and oxygen atoms in total. The van der Waals surface area contributed by atoms with Crippen LogP contribution in [0, 0.1) is 6.92 Å². The summed E-state index contributed by atoms with van der Waals surface area (Å²) in [6.45, 7) is 16.3. The normalized spacial score (nSPS) is 16.5. The molecule has 0 saturated carbocycles. The number of benzene rings is 1. The van der Waals surface area contributed by atoms with Crippen molar-refractivity contribution in [1.29, 1.82) is 0 Å². The number of nitrogens with one attached hydrogen (secondary N) is 2. The molecule has 0 atom stereocenters. The summed E-state index contributed by atoms with van der Waals surface area (Å²) in [4.78, 5) is 9.69. The van der Waals surface area contributed by atoms with Crippen LogP contribution in [0.25, 0.3) is 0 Å². The zero-order valence-corrected chi connectivity index (χ0v) is 16.6. The van der Waals surface area contributed by atoms with Crippen LogP contribution in [0.15, 0.2) is 29.3 Å². The summed E-state index contributed by atoms with van der Waals surface area (Å²) in [5.41, 5.74) is 1.24. The molecule has 2 rings (SSSR count). The van der Waals surface area contributed by atoms with E-state index in [2.05, 4.69) is 58.3 Å². The number of hydrogen-bond acceptors (Lipinski definition) is 4. The minimum atomic E-state index is 0.618. The molecule has 1 aliphatic heterocycles. The van der Waals surface area contributed by atoms with E-state index >= 15 is 0 Å². The van der Waals surface area contributed by atoms with Gasteiger partial charge in [-0.05, 0) is 32.5 Å². The second-order valence-corrected chi connectivity index (χ2v) is 6.62. The first-order chi connectivity index (χ1) is 12.7. The van der Waals surface area contributed by atoms with Gasteiger partial charge in [-0.15, -0.1) is 0 Å². The highest BCUT2D eigenvalue weighted by molar-refractivity contribution is 5.79. The van der Waals surface area contributed by atoms with Crippen molar-refractivity contribution in [3.63, 3.8) is 0 Å². The second-order valence-electron chi connectivity index (χ2n) is 6.62. The molecule has 0 aromatic heterocycles. The Hall–Kier alpha value is -1.79. The first-order valence-electron chi connectivity index (χ1n) is 9.87. The van der Waals surface area contributed by atoms with Crippen molar-refractivity contribution in [3.05, 3.63) is 29.8 Å². The van der Waals surface area contributed by atoms with E-state index in [4.69, 9.17) is 4.74 Å². The predicted molar refractivity (Wildman–Crippen MR) is 109 cm³/mol. The van der Waals surface area contributed by atoms with Gasteiger partial charge < -0.3 is 20.3 Å². The van der Waals surface area contributed by atoms with E-state index in [0.29, 0.717) is 6.61 Å². The predicted octanol–water partition coefficient (Wildman–Crippen LogP) is 1.57. The first-order valence-corrected chi connectivity index (χ1v) is 9.87. The summed E-state index contributed by atoms with van der Waals surface area (Å²) in [7, 11) is 0. The Morgan fingerprint density at radius 3 is 2.38 bits per heavy atom. The van der Waals surface area contributed by atoms with Crippen molar-refractivity contribution < 1.29 is 4.74 Å². The number of guanidine groups is 1. The van der Waals surface area contributed by atoms with E-state index in [-0.39, 0.29) is 0 Å². The van der Waals surface area contributed by atoms with Gasteiger partial charge in [0.05, 0.1) is 13.1 Å². The van der Waals surface area contributed by atoms with E-state index in [0.717, 1.165) is 57.5 Å². The van der Waals surface area contributed by atoms with E-state index < -0.39 is 0 Å². The average molecular weight is 362 g/mol. The molecule has 0 bridgehead atoms. The smallest absolute Gasteiger partial charge is 0.191 e. The minimum absolute atomic E-state index is 0.618. The number of piperazine rings is 1. The van der Waals surface area contributed by atoms with Crippen molar-refractivity contribution in [3.8, 4) is 5.75 Å². The van der Waals surface area contributed by atoms with Gasteiger partial charge in [0.1, 0.15) is 12.4 Å². The molecule has 6 heteroatoms. The van der Waals surface area contributed by atoms with Crippen LogP contribution >= 0.6 is 0 Å². The minimum Gasteiger partial charge on any atom is -0.492 e. The molecule has 1 aliphatic rings. The Labute approximate surface area is 158 Å². The van der Waals surface area contributed by atoms with Crippen LogP contribution in [0.1, 0.15) is 19.4 Å². The average Bonchev–Trinajstić information content (AvgIpc) is 2.67. The van der Waals surface area contributed by atoms with Crippen LogP contribution in [-0.2, 0) is 0 Å². The van der Waals surface area contributed by atoms with Gasteiger partial charge >= 0.3 is 0 Å². The van der Waals surface area contributed by atoms with Gasteiger partial charge in [-0.3, -0.25) is 9.89 Å². The molecule has 0 amide bonds. The maximum atomic E-state index is 5.75.